The SMILES string of the molecule is COc1cccc(NC(=O)NCC2CCN(Cc3ccccc3Cl)CC2)c1. The molecule has 1 fully saturated rings. The Morgan fingerprint density at radius 3 is 2.70 bits per heavy atom. The molecule has 0 saturated carbocycles. The predicted molar refractivity (Wildman–Crippen MR) is 109 cm³/mol. The number of hydrogen-bond donors (Lipinski definition) is 2. The number of ether oxygens (including phenoxy) is 1. The van der Waals surface area contributed by atoms with E-state index in [-0.39, 0.29) is 6.03 Å². The molecule has 0 bridgehead atoms. The largest absolute Gasteiger partial charge is 0.497 e. The molecule has 2 aromatic rings. The van der Waals surface area contributed by atoms with Crippen LogP contribution < -0.4 is 15.4 Å². The van der Waals surface area contributed by atoms with E-state index in [2.05, 4.69) is 21.6 Å². The Balaban J connectivity index is 1.39. The lowest BCUT2D eigenvalue weighted by Gasteiger charge is -2.32. The summed E-state index contributed by atoms with van der Waals surface area (Å²) in [7, 11) is 1.61. The number of urea groups is 1. The average Bonchev–Trinajstić information content (AvgIpc) is 2.69. The van der Waals surface area contributed by atoms with E-state index in [4.69, 9.17) is 16.3 Å². The van der Waals surface area contributed by atoms with Gasteiger partial charge in [-0.25, -0.2) is 4.79 Å². The van der Waals surface area contributed by atoms with Crippen LogP contribution in [-0.4, -0.2) is 37.7 Å². The maximum Gasteiger partial charge on any atom is 0.319 e. The number of likely N-dealkylation sites (tertiary alicyclic amines) is 1. The molecule has 2 aromatic carbocycles. The standard InChI is InChI=1S/C21H26ClN3O2/c1-27-19-7-4-6-18(13-19)24-21(26)23-14-16-9-11-25(12-10-16)15-17-5-2-3-8-20(17)22/h2-8,13,16H,9-12,14-15H2,1H3,(H2,23,24,26). The molecule has 2 amide bonds. The number of methoxy groups -OCH3 is 1. The van der Waals surface area contributed by atoms with Crippen molar-refractivity contribution in [2.75, 3.05) is 32.1 Å². The molecule has 1 aliphatic rings. The molecular formula is C21H26ClN3O2. The zero-order valence-corrected chi connectivity index (χ0v) is 16.3. The van der Waals surface area contributed by atoms with Crippen LogP contribution in [0.15, 0.2) is 48.5 Å². The van der Waals surface area contributed by atoms with Crippen LogP contribution in [0.4, 0.5) is 10.5 Å². The van der Waals surface area contributed by atoms with Crippen LogP contribution in [-0.2, 0) is 6.54 Å². The normalized spacial score (nSPS) is 15.3. The molecule has 0 aliphatic carbocycles. The lowest BCUT2D eigenvalue weighted by molar-refractivity contribution is 0.176. The second-order valence-corrected chi connectivity index (χ2v) is 7.29. The van der Waals surface area contributed by atoms with Crippen LogP contribution in [0.1, 0.15) is 18.4 Å². The predicted octanol–water partition coefficient (Wildman–Crippen LogP) is 4.38. The fourth-order valence-electron chi connectivity index (χ4n) is 3.33. The van der Waals surface area contributed by atoms with E-state index in [9.17, 15) is 4.79 Å². The van der Waals surface area contributed by atoms with Crippen molar-refractivity contribution in [1.29, 1.82) is 0 Å². The summed E-state index contributed by atoms with van der Waals surface area (Å²) >= 11 is 6.25. The van der Waals surface area contributed by atoms with Gasteiger partial charge in [-0.15, -0.1) is 0 Å². The molecule has 0 atom stereocenters. The van der Waals surface area contributed by atoms with Crippen molar-refractivity contribution < 1.29 is 9.53 Å². The van der Waals surface area contributed by atoms with Gasteiger partial charge in [-0.05, 0) is 55.6 Å². The lowest BCUT2D eigenvalue weighted by Crippen LogP contribution is -2.39. The summed E-state index contributed by atoms with van der Waals surface area (Å²) in [4.78, 5) is 14.5. The zero-order valence-electron chi connectivity index (χ0n) is 15.6. The number of amides is 2. The maximum absolute atomic E-state index is 12.1. The van der Waals surface area contributed by atoms with Crippen LogP contribution in [0.25, 0.3) is 0 Å². The van der Waals surface area contributed by atoms with Crippen molar-refractivity contribution in [3.63, 3.8) is 0 Å². The van der Waals surface area contributed by atoms with Gasteiger partial charge in [0.05, 0.1) is 7.11 Å². The highest BCUT2D eigenvalue weighted by Crippen LogP contribution is 2.22. The molecule has 3 rings (SSSR count). The lowest BCUT2D eigenvalue weighted by atomic mass is 9.96. The number of carbonyl (C=O) groups is 1. The molecule has 144 valence electrons. The van der Waals surface area contributed by atoms with Crippen molar-refractivity contribution in [2.45, 2.75) is 19.4 Å². The van der Waals surface area contributed by atoms with Crippen LogP contribution in [0, 0.1) is 5.92 Å². The molecule has 1 aliphatic heterocycles. The van der Waals surface area contributed by atoms with Crippen molar-refractivity contribution >= 4 is 23.3 Å². The molecule has 0 aromatic heterocycles. The van der Waals surface area contributed by atoms with Crippen molar-refractivity contribution in [1.82, 2.24) is 10.2 Å². The first-order valence-corrected chi connectivity index (χ1v) is 9.66. The molecule has 0 radical (unpaired) electrons. The summed E-state index contributed by atoms with van der Waals surface area (Å²) in [5.41, 5.74) is 1.90. The minimum absolute atomic E-state index is 0.179. The second-order valence-electron chi connectivity index (χ2n) is 6.88. The topological polar surface area (TPSA) is 53.6 Å². The van der Waals surface area contributed by atoms with Gasteiger partial charge in [-0.1, -0.05) is 35.9 Å². The Kier molecular flexibility index (Phi) is 6.96. The third kappa shape index (κ3) is 5.88. The fraction of sp³-hybridized carbons (Fsp3) is 0.381. The summed E-state index contributed by atoms with van der Waals surface area (Å²) in [5, 5.41) is 6.66. The number of carbonyl (C=O) groups excluding carboxylic acids is 1. The molecule has 5 nitrogen and oxygen atoms in total. The van der Waals surface area contributed by atoms with E-state index >= 15 is 0 Å². The van der Waals surface area contributed by atoms with Gasteiger partial charge in [0.1, 0.15) is 5.75 Å². The minimum atomic E-state index is -0.179. The Labute approximate surface area is 165 Å². The average molecular weight is 388 g/mol. The van der Waals surface area contributed by atoms with E-state index in [1.165, 1.54) is 5.56 Å². The van der Waals surface area contributed by atoms with Crippen molar-refractivity contribution in [3.8, 4) is 5.75 Å². The van der Waals surface area contributed by atoms with E-state index in [1.54, 1.807) is 13.2 Å². The number of rotatable bonds is 6. The van der Waals surface area contributed by atoms with Crippen molar-refractivity contribution in [2.24, 2.45) is 5.92 Å². The molecule has 27 heavy (non-hydrogen) atoms. The van der Waals surface area contributed by atoms with Crippen LogP contribution in [0.3, 0.4) is 0 Å². The highest BCUT2D eigenvalue weighted by Gasteiger charge is 2.20. The number of piperidine rings is 1. The van der Waals surface area contributed by atoms with E-state index in [0.717, 1.165) is 48.9 Å². The molecule has 1 saturated heterocycles. The van der Waals surface area contributed by atoms with Crippen molar-refractivity contribution in [3.05, 3.63) is 59.1 Å². The third-order valence-corrected chi connectivity index (χ3v) is 5.31. The summed E-state index contributed by atoms with van der Waals surface area (Å²) in [6.45, 7) is 3.62. The van der Waals surface area contributed by atoms with Gasteiger partial charge < -0.3 is 15.4 Å². The highest BCUT2D eigenvalue weighted by atomic mass is 35.5. The molecule has 6 heteroatoms. The van der Waals surface area contributed by atoms with Gasteiger partial charge in [-0.2, -0.15) is 0 Å². The van der Waals surface area contributed by atoms with E-state index in [1.807, 2.05) is 36.4 Å². The Bertz CT molecular complexity index is 761. The zero-order chi connectivity index (χ0) is 19.1. The summed E-state index contributed by atoms with van der Waals surface area (Å²) < 4.78 is 5.17. The Hall–Kier alpha value is -2.24. The fourth-order valence-corrected chi connectivity index (χ4v) is 3.52. The highest BCUT2D eigenvalue weighted by molar-refractivity contribution is 6.31. The number of nitrogens with one attached hydrogen (secondary N) is 2. The monoisotopic (exact) mass is 387 g/mol. The number of anilines is 1. The third-order valence-electron chi connectivity index (χ3n) is 4.94. The number of benzene rings is 2. The summed E-state index contributed by atoms with van der Waals surface area (Å²) in [5.74, 6) is 1.22. The molecule has 1 heterocycles. The molecule has 2 N–H and O–H groups in total. The van der Waals surface area contributed by atoms with Gasteiger partial charge in [0.2, 0.25) is 0 Å². The van der Waals surface area contributed by atoms with Crippen LogP contribution >= 0.6 is 11.6 Å². The first kappa shape index (κ1) is 19.5. The van der Waals surface area contributed by atoms with Gasteiger partial charge in [0.25, 0.3) is 0 Å². The van der Waals surface area contributed by atoms with Crippen LogP contribution in [0.2, 0.25) is 5.02 Å². The van der Waals surface area contributed by atoms with Gasteiger partial charge in [0.15, 0.2) is 0 Å². The first-order valence-electron chi connectivity index (χ1n) is 9.28. The van der Waals surface area contributed by atoms with E-state index in [0.29, 0.717) is 12.5 Å². The summed E-state index contributed by atoms with van der Waals surface area (Å²) in [6, 6.07) is 15.2. The van der Waals surface area contributed by atoms with Gasteiger partial charge >= 0.3 is 6.03 Å². The summed E-state index contributed by atoms with van der Waals surface area (Å²) in [6.07, 6.45) is 2.15. The number of nitrogens with zero attached hydrogens (tertiary/aromatic N) is 1. The molecule has 0 spiro atoms. The van der Waals surface area contributed by atoms with Gasteiger partial charge in [0, 0.05) is 29.9 Å². The smallest absolute Gasteiger partial charge is 0.319 e. The maximum atomic E-state index is 12.1. The van der Waals surface area contributed by atoms with Crippen LogP contribution in [0.5, 0.6) is 5.75 Å². The number of hydrogen-bond acceptors (Lipinski definition) is 3. The Morgan fingerprint density at radius 1 is 1.19 bits per heavy atom. The van der Waals surface area contributed by atoms with Gasteiger partial charge in [-0.3, -0.25) is 4.90 Å². The quantitative estimate of drug-likeness (QED) is 0.773. The number of halogens is 1. The molecular weight excluding hydrogens is 362 g/mol. The molecule has 0 unspecified atom stereocenters. The second kappa shape index (κ2) is 9.62. The first-order chi connectivity index (χ1) is 13.1. The van der Waals surface area contributed by atoms with E-state index < -0.39 is 0 Å². The Morgan fingerprint density at radius 2 is 1.96 bits per heavy atom. The minimum Gasteiger partial charge on any atom is -0.497 e.